The SMILES string of the molecule is Cc1ccc(CN(C)c2nc(N)nc3sccc23)o1. The number of aryl methyl sites for hydroxylation is 1. The summed E-state index contributed by atoms with van der Waals surface area (Å²) in [5.74, 6) is 2.94. The highest BCUT2D eigenvalue weighted by atomic mass is 32.1. The Bertz CT molecular complexity index is 718. The van der Waals surface area contributed by atoms with Crippen molar-refractivity contribution in [1.82, 2.24) is 9.97 Å². The molecule has 0 spiro atoms. The van der Waals surface area contributed by atoms with Crippen LogP contribution >= 0.6 is 11.3 Å². The second kappa shape index (κ2) is 4.55. The van der Waals surface area contributed by atoms with E-state index in [9.17, 15) is 0 Å². The van der Waals surface area contributed by atoms with E-state index in [1.165, 1.54) is 0 Å². The predicted octanol–water partition coefficient (Wildman–Crippen LogP) is 2.81. The number of fused-ring (bicyclic) bond motifs is 1. The Morgan fingerprint density at radius 3 is 2.89 bits per heavy atom. The number of nitrogens with zero attached hydrogens (tertiary/aromatic N) is 3. The molecule has 0 aromatic carbocycles. The highest BCUT2D eigenvalue weighted by molar-refractivity contribution is 7.16. The Morgan fingerprint density at radius 2 is 2.16 bits per heavy atom. The molecule has 0 unspecified atom stereocenters. The van der Waals surface area contributed by atoms with E-state index >= 15 is 0 Å². The van der Waals surface area contributed by atoms with Crippen LogP contribution in [0.15, 0.2) is 28.0 Å². The second-order valence-electron chi connectivity index (χ2n) is 4.41. The van der Waals surface area contributed by atoms with Crippen LogP contribution in [-0.2, 0) is 6.54 Å². The fourth-order valence-corrected chi connectivity index (χ4v) is 2.79. The average molecular weight is 274 g/mol. The van der Waals surface area contributed by atoms with Crippen LogP contribution in [0.2, 0.25) is 0 Å². The Hall–Kier alpha value is -2.08. The van der Waals surface area contributed by atoms with E-state index in [1.54, 1.807) is 11.3 Å². The van der Waals surface area contributed by atoms with Crippen LogP contribution in [0.1, 0.15) is 11.5 Å². The number of hydrogen-bond donors (Lipinski definition) is 1. The monoisotopic (exact) mass is 274 g/mol. The summed E-state index contributed by atoms with van der Waals surface area (Å²) in [6.45, 7) is 2.58. The molecule has 0 aliphatic heterocycles. The molecular weight excluding hydrogens is 260 g/mol. The Kier molecular flexibility index (Phi) is 2.87. The minimum absolute atomic E-state index is 0.299. The molecule has 0 bridgehead atoms. The van der Waals surface area contributed by atoms with Gasteiger partial charge in [0.25, 0.3) is 0 Å². The fraction of sp³-hybridized carbons (Fsp3) is 0.231. The quantitative estimate of drug-likeness (QED) is 0.795. The third-order valence-corrected chi connectivity index (χ3v) is 3.68. The topological polar surface area (TPSA) is 68.2 Å². The van der Waals surface area contributed by atoms with Crippen molar-refractivity contribution in [2.45, 2.75) is 13.5 Å². The molecule has 0 saturated heterocycles. The number of anilines is 2. The number of thiophene rings is 1. The Labute approximate surface area is 114 Å². The summed E-state index contributed by atoms with van der Waals surface area (Å²) in [5.41, 5.74) is 5.75. The molecule has 2 N–H and O–H groups in total. The third kappa shape index (κ3) is 2.26. The van der Waals surface area contributed by atoms with Gasteiger partial charge in [-0.15, -0.1) is 11.3 Å². The first-order valence-corrected chi connectivity index (χ1v) is 6.78. The molecule has 3 rings (SSSR count). The van der Waals surface area contributed by atoms with E-state index in [0.29, 0.717) is 12.5 Å². The smallest absolute Gasteiger partial charge is 0.223 e. The van der Waals surface area contributed by atoms with Gasteiger partial charge in [-0.2, -0.15) is 4.98 Å². The minimum atomic E-state index is 0.299. The van der Waals surface area contributed by atoms with Crippen LogP contribution in [0.3, 0.4) is 0 Å². The molecule has 0 radical (unpaired) electrons. The van der Waals surface area contributed by atoms with Crippen molar-refractivity contribution in [2.75, 3.05) is 17.7 Å². The van der Waals surface area contributed by atoms with Gasteiger partial charge in [-0.05, 0) is 30.5 Å². The number of nitrogens with two attached hydrogens (primary N) is 1. The summed E-state index contributed by atoms with van der Waals surface area (Å²) in [6, 6.07) is 5.94. The summed E-state index contributed by atoms with van der Waals surface area (Å²) in [4.78, 5) is 11.5. The Morgan fingerprint density at radius 1 is 1.32 bits per heavy atom. The van der Waals surface area contributed by atoms with Crippen LogP contribution in [0.25, 0.3) is 10.2 Å². The highest BCUT2D eigenvalue weighted by Gasteiger charge is 2.13. The van der Waals surface area contributed by atoms with Crippen molar-refractivity contribution in [3.63, 3.8) is 0 Å². The normalized spacial score (nSPS) is 11.1. The lowest BCUT2D eigenvalue weighted by Crippen LogP contribution is -2.18. The first-order valence-electron chi connectivity index (χ1n) is 5.90. The van der Waals surface area contributed by atoms with Gasteiger partial charge in [0.2, 0.25) is 5.95 Å². The minimum Gasteiger partial charge on any atom is -0.464 e. The number of hydrogen-bond acceptors (Lipinski definition) is 6. The molecular formula is C13H14N4OS. The number of aromatic nitrogens is 2. The summed E-state index contributed by atoms with van der Waals surface area (Å²) < 4.78 is 5.59. The van der Waals surface area contributed by atoms with Crippen molar-refractivity contribution < 1.29 is 4.42 Å². The van der Waals surface area contributed by atoms with Crippen molar-refractivity contribution >= 4 is 33.3 Å². The predicted molar refractivity (Wildman–Crippen MR) is 77.4 cm³/mol. The molecule has 6 heteroatoms. The van der Waals surface area contributed by atoms with Crippen molar-refractivity contribution in [2.24, 2.45) is 0 Å². The van der Waals surface area contributed by atoms with Crippen LogP contribution in [0.5, 0.6) is 0 Å². The molecule has 98 valence electrons. The van der Waals surface area contributed by atoms with Crippen LogP contribution < -0.4 is 10.6 Å². The molecule has 0 amide bonds. The van der Waals surface area contributed by atoms with Gasteiger partial charge in [0.05, 0.1) is 11.9 Å². The Balaban J connectivity index is 1.96. The maximum Gasteiger partial charge on any atom is 0.223 e. The first kappa shape index (κ1) is 12.0. The zero-order valence-corrected chi connectivity index (χ0v) is 11.6. The van der Waals surface area contributed by atoms with Crippen molar-refractivity contribution in [3.05, 3.63) is 35.1 Å². The van der Waals surface area contributed by atoms with E-state index in [0.717, 1.165) is 27.6 Å². The van der Waals surface area contributed by atoms with Crippen LogP contribution in [0, 0.1) is 6.92 Å². The van der Waals surface area contributed by atoms with Crippen LogP contribution in [-0.4, -0.2) is 17.0 Å². The van der Waals surface area contributed by atoms with E-state index in [2.05, 4.69) is 9.97 Å². The van der Waals surface area contributed by atoms with Gasteiger partial charge in [0.15, 0.2) is 0 Å². The molecule has 5 nitrogen and oxygen atoms in total. The van der Waals surface area contributed by atoms with Crippen LogP contribution in [0.4, 0.5) is 11.8 Å². The molecule has 0 atom stereocenters. The van der Waals surface area contributed by atoms with Gasteiger partial charge in [-0.3, -0.25) is 0 Å². The zero-order chi connectivity index (χ0) is 13.4. The summed E-state index contributed by atoms with van der Waals surface area (Å²) in [5, 5.41) is 3.01. The number of furan rings is 1. The third-order valence-electron chi connectivity index (χ3n) is 2.87. The standard InChI is InChI=1S/C13H14N4OS/c1-8-3-4-9(18-8)7-17(2)11-10-5-6-19-12(10)16-13(14)15-11/h3-6H,7H2,1-2H3,(H2,14,15,16). The molecule has 3 aromatic rings. The van der Waals surface area contributed by atoms with Gasteiger partial charge in [-0.25, -0.2) is 4.98 Å². The molecule has 0 saturated carbocycles. The van der Waals surface area contributed by atoms with E-state index in [4.69, 9.17) is 10.2 Å². The number of nitrogen functional groups attached to an aromatic ring is 1. The van der Waals surface area contributed by atoms with E-state index in [1.807, 2.05) is 42.5 Å². The van der Waals surface area contributed by atoms with Gasteiger partial charge < -0.3 is 15.1 Å². The molecule has 0 aliphatic rings. The van der Waals surface area contributed by atoms with Gasteiger partial charge in [0, 0.05) is 7.05 Å². The average Bonchev–Trinajstić information content (AvgIpc) is 2.96. The zero-order valence-electron chi connectivity index (χ0n) is 10.8. The number of rotatable bonds is 3. The highest BCUT2D eigenvalue weighted by Crippen LogP contribution is 2.28. The van der Waals surface area contributed by atoms with E-state index in [-0.39, 0.29) is 0 Å². The first-order chi connectivity index (χ1) is 9.13. The summed E-state index contributed by atoms with van der Waals surface area (Å²) >= 11 is 1.56. The van der Waals surface area contributed by atoms with Gasteiger partial charge in [-0.1, -0.05) is 0 Å². The lowest BCUT2D eigenvalue weighted by molar-refractivity contribution is 0.481. The van der Waals surface area contributed by atoms with Crippen molar-refractivity contribution in [3.8, 4) is 0 Å². The maximum absolute atomic E-state index is 5.75. The molecule has 19 heavy (non-hydrogen) atoms. The summed E-state index contributed by atoms with van der Waals surface area (Å²) in [7, 11) is 1.97. The molecule has 3 heterocycles. The molecule has 0 fully saturated rings. The lowest BCUT2D eigenvalue weighted by Gasteiger charge is -2.17. The van der Waals surface area contributed by atoms with Gasteiger partial charge >= 0.3 is 0 Å². The summed E-state index contributed by atoms with van der Waals surface area (Å²) in [6.07, 6.45) is 0. The maximum atomic E-state index is 5.75. The molecule has 0 aliphatic carbocycles. The second-order valence-corrected chi connectivity index (χ2v) is 5.31. The van der Waals surface area contributed by atoms with Gasteiger partial charge in [0.1, 0.15) is 22.2 Å². The fourth-order valence-electron chi connectivity index (χ4n) is 2.03. The molecule has 3 aromatic heterocycles. The largest absolute Gasteiger partial charge is 0.464 e. The van der Waals surface area contributed by atoms with E-state index < -0.39 is 0 Å². The van der Waals surface area contributed by atoms with Crippen molar-refractivity contribution in [1.29, 1.82) is 0 Å². The lowest BCUT2D eigenvalue weighted by atomic mass is 10.3.